The number of piperazine rings is 1. The van der Waals surface area contributed by atoms with Gasteiger partial charge in [0, 0.05) is 38.8 Å². The molecule has 6 rings (SSSR count). The van der Waals surface area contributed by atoms with Crippen molar-refractivity contribution in [1.82, 2.24) is 25.0 Å². The Bertz CT molecular complexity index is 1440. The number of amides is 1. The smallest absolute Gasteiger partial charge is 0.254 e. The molecule has 4 heterocycles. The number of benzene rings is 2. The molecule has 1 fully saturated rings. The first-order chi connectivity index (χ1) is 17.2. The van der Waals surface area contributed by atoms with Crippen LogP contribution in [0.15, 0.2) is 54.7 Å². The van der Waals surface area contributed by atoms with Crippen LogP contribution < -0.4 is 10.1 Å². The molecule has 0 bridgehead atoms. The maximum atomic E-state index is 13.5. The summed E-state index contributed by atoms with van der Waals surface area (Å²) in [6.07, 6.45) is 6.51. The molecule has 2 aromatic heterocycles. The SMILES string of the molecule is O=C(c1ccnc2c1c(C=Cc1ccc3c(c1)CCO3)nn2-c1ccc(O)cc1)N1CCNCC1. The van der Waals surface area contributed by atoms with E-state index in [1.807, 2.05) is 29.2 Å². The predicted molar refractivity (Wildman–Crippen MR) is 134 cm³/mol. The van der Waals surface area contributed by atoms with Gasteiger partial charge >= 0.3 is 0 Å². The maximum absolute atomic E-state index is 13.5. The molecule has 8 nitrogen and oxygen atoms in total. The van der Waals surface area contributed by atoms with Gasteiger partial charge < -0.3 is 20.1 Å². The molecule has 0 spiro atoms. The van der Waals surface area contributed by atoms with E-state index >= 15 is 0 Å². The second-order valence-electron chi connectivity index (χ2n) is 8.71. The summed E-state index contributed by atoms with van der Waals surface area (Å²) >= 11 is 0. The number of phenols is 1. The Morgan fingerprint density at radius 1 is 1.06 bits per heavy atom. The number of nitrogens with one attached hydrogen (secondary N) is 1. The van der Waals surface area contributed by atoms with Crippen LogP contribution in [0.3, 0.4) is 0 Å². The summed E-state index contributed by atoms with van der Waals surface area (Å²) in [6, 6.07) is 14.7. The maximum Gasteiger partial charge on any atom is 0.254 e. The van der Waals surface area contributed by atoms with Gasteiger partial charge in [0.15, 0.2) is 5.65 Å². The van der Waals surface area contributed by atoms with Gasteiger partial charge in [0.2, 0.25) is 0 Å². The lowest BCUT2D eigenvalue weighted by molar-refractivity contribution is 0.0737. The lowest BCUT2D eigenvalue weighted by Gasteiger charge is -2.27. The van der Waals surface area contributed by atoms with Gasteiger partial charge in [0.25, 0.3) is 5.91 Å². The summed E-state index contributed by atoms with van der Waals surface area (Å²) in [5, 5.41) is 18.6. The minimum Gasteiger partial charge on any atom is -0.508 e. The summed E-state index contributed by atoms with van der Waals surface area (Å²) in [5.74, 6) is 1.10. The number of aromatic nitrogens is 3. The quantitative estimate of drug-likeness (QED) is 0.479. The first kappa shape index (κ1) is 21.4. The van der Waals surface area contributed by atoms with Crippen molar-refractivity contribution >= 4 is 29.1 Å². The Morgan fingerprint density at radius 2 is 1.89 bits per heavy atom. The van der Waals surface area contributed by atoms with Crippen LogP contribution in [0.25, 0.3) is 28.9 Å². The lowest BCUT2D eigenvalue weighted by Crippen LogP contribution is -2.46. The van der Waals surface area contributed by atoms with Crippen LogP contribution in [0.5, 0.6) is 11.5 Å². The van der Waals surface area contributed by atoms with Gasteiger partial charge in [0.1, 0.15) is 11.5 Å². The molecule has 4 aromatic rings. The number of aromatic hydroxyl groups is 1. The topological polar surface area (TPSA) is 92.5 Å². The van der Waals surface area contributed by atoms with Crippen molar-refractivity contribution in [3.05, 3.63) is 77.1 Å². The number of ether oxygens (including phenoxy) is 1. The Kier molecular flexibility index (Phi) is 5.42. The second kappa shape index (κ2) is 8.88. The van der Waals surface area contributed by atoms with Crippen molar-refractivity contribution in [1.29, 1.82) is 0 Å². The minimum absolute atomic E-state index is 0.0199. The standard InChI is InChI=1S/C27H25N5O3/c33-21-5-3-20(4-6-21)32-26-25(22(9-11-29-26)27(34)31-14-12-28-13-15-31)23(30-32)7-1-18-2-8-24-19(17-18)10-16-35-24/h1-9,11,17,28,33H,10,12-16H2. The third-order valence-corrected chi connectivity index (χ3v) is 6.47. The average Bonchev–Trinajstić information content (AvgIpc) is 3.52. The molecule has 0 atom stereocenters. The molecule has 0 radical (unpaired) electrons. The highest BCUT2D eigenvalue weighted by Gasteiger charge is 2.24. The van der Waals surface area contributed by atoms with Gasteiger partial charge in [-0.05, 0) is 59.7 Å². The average molecular weight is 468 g/mol. The summed E-state index contributed by atoms with van der Waals surface area (Å²) in [6.45, 7) is 3.60. The van der Waals surface area contributed by atoms with Crippen LogP contribution in [0, 0.1) is 0 Å². The van der Waals surface area contributed by atoms with Gasteiger partial charge in [-0.3, -0.25) is 4.79 Å². The number of carbonyl (C=O) groups excluding carboxylic acids is 1. The predicted octanol–water partition coefficient (Wildman–Crippen LogP) is 3.28. The third-order valence-electron chi connectivity index (χ3n) is 6.47. The number of nitrogens with zero attached hydrogens (tertiary/aromatic N) is 4. The lowest BCUT2D eigenvalue weighted by atomic mass is 10.1. The summed E-state index contributed by atoms with van der Waals surface area (Å²) in [4.78, 5) is 20.0. The number of hydrogen-bond acceptors (Lipinski definition) is 6. The monoisotopic (exact) mass is 467 g/mol. The molecule has 2 aromatic carbocycles. The van der Waals surface area contributed by atoms with Crippen molar-refractivity contribution in [2.45, 2.75) is 6.42 Å². The van der Waals surface area contributed by atoms with Crippen LogP contribution in [0.4, 0.5) is 0 Å². The van der Waals surface area contributed by atoms with E-state index in [0.717, 1.165) is 36.5 Å². The molecule has 35 heavy (non-hydrogen) atoms. The van der Waals surface area contributed by atoms with Crippen LogP contribution >= 0.6 is 0 Å². The molecular formula is C27H25N5O3. The summed E-state index contributed by atoms with van der Waals surface area (Å²) in [5.41, 5.74) is 4.84. The van der Waals surface area contributed by atoms with E-state index in [1.54, 1.807) is 41.2 Å². The summed E-state index contributed by atoms with van der Waals surface area (Å²) < 4.78 is 7.34. The fraction of sp³-hybridized carbons (Fsp3) is 0.222. The van der Waals surface area contributed by atoms with Crippen LogP contribution in [-0.4, -0.2) is 63.5 Å². The highest BCUT2D eigenvalue weighted by atomic mass is 16.5. The van der Waals surface area contributed by atoms with E-state index in [2.05, 4.69) is 16.4 Å². The number of pyridine rings is 1. The normalized spacial score (nSPS) is 15.5. The third kappa shape index (κ3) is 4.02. The number of rotatable bonds is 4. The Balaban J connectivity index is 1.47. The van der Waals surface area contributed by atoms with Crippen LogP contribution in [0.1, 0.15) is 27.2 Å². The number of fused-ring (bicyclic) bond motifs is 2. The van der Waals surface area contributed by atoms with E-state index in [4.69, 9.17) is 9.84 Å². The molecule has 0 saturated carbocycles. The molecular weight excluding hydrogens is 442 g/mol. The number of carbonyl (C=O) groups is 1. The molecule has 2 N–H and O–H groups in total. The van der Waals surface area contributed by atoms with Crippen LogP contribution in [-0.2, 0) is 6.42 Å². The van der Waals surface area contributed by atoms with Gasteiger partial charge in [-0.1, -0.05) is 12.1 Å². The molecule has 8 heteroatoms. The molecule has 1 saturated heterocycles. The van der Waals surface area contributed by atoms with Crippen molar-refractivity contribution in [2.24, 2.45) is 0 Å². The molecule has 1 amide bonds. The van der Waals surface area contributed by atoms with Crippen molar-refractivity contribution in [3.8, 4) is 17.2 Å². The Hall–Kier alpha value is -4.17. The second-order valence-corrected chi connectivity index (χ2v) is 8.71. The molecule has 2 aliphatic rings. The van der Waals surface area contributed by atoms with E-state index in [0.29, 0.717) is 42.0 Å². The zero-order valence-corrected chi connectivity index (χ0v) is 19.1. The zero-order chi connectivity index (χ0) is 23.8. The van der Waals surface area contributed by atoms with E-state index in [-0.39, 0.29) is 11.7 Å². The van der Waals surface area contributed by atoms with E-state index in [9.17, 15) is 9.90 Å². The van der Waals surface area contributed by atoms with Gasteiger partial charge in [-0.2, -0.15) is 5.10 Å². The molecule has 0 aliphatic carbocycles. The van der Waals surface area contributed by atoms with Crippen molar-refractivity contribution < 1.29 is 14.6 Å². The molecule has 0 unspecified atom stereocenters. The van der Waals surface area contributed by atoms with E-state index in [1.165, 1.54) is 5.56 Å². The molecule has 2 aliphatic heterocycles. The van der Waals surface area contributed by atoms with Crippen molar-refractivity contribution in [2.75, 3.05) is 32.8 Å². The fourth-order valence-corrected chi connectivity index (χ4v) is 4.66. The first-order valence-corrected chi connectivity index (χ1v) is 11.8. The van der Waals surface area contributed by atoms with Gasteiger partial charge in [-0.25, -0.2) is 9.67 Å². The van der Waals surface area contributed by atoms with Crippen LogP contribution in [0.2, 0.25) is 0 Å². The first-order valence-electron chi connectivity index (χ1n) is 11.8. The Labute approximate surface area is 202 Å². The van der Waals surface area contributed by atoms with Gasteiger partial charge in [-0.15, -0.1) is 0 Å². The van der Waals surface area contributed by atoms with Gasteiger partial charge in [0.05, 0.1) is 28.9 Å². The van der Waals surface area contributed by atoms with E-state index < -0.39 is 0 Å². The largest absolute Gasteiger partial charge is 0.508 e. The number of hydrogen-bond donors (Lipinski definition) is 2. The zero-order valence-electron chi connectivity index (χ0n) is 19.1. The fourth-order valence-electron chi connectivity index (χ4n) is 4.66. The molecule has 176 valence electrons. The summed E-state index contributed by atoms with van der Waals surface area (Å²) in [7, 11) is 0. The van der Waals surface area contributed by atoms with Crippen molar-refractivity contribution in [3.63, 3.8) is 0 Å². The number of phenolic OH excluding ortho intramolecular Hbond substituents is 1. The minimum atomic E-state index is -0.0199. The highest BCUT2D eigenvalue weighted by Crippen LogP contribution is 2.29. The highest BCUT2D eigenvalue weighted by molar-refractivity contribution is 6.08. The Morgan fingerprint density at radius 3 is 2.71 bits per heavy atom.